The van der Waals surface area contributed by atoms with Crippen LogP contribution in [0.3, 0.4) is 0 Å². The fourth-order valence-electron chi connectivity index (χ4n) is 3.39. The third kappa shape index (κ3) is 2.29. The molecule has 1 aliphatic rings. The molecule has 0 saturated heterocycles. The van der Waals surface area contributed by atoms with Crippen molar-refractivity contribution < 1.29 is 14.1 Å². The summed E-state index contributed by atoms with van der Waals surface area (Å²) in [4.78, 5) is 25.6. The second-order valence-electron chi connectivity index (χ2n) is 6.20. The maximum atomic E-state index is 12.8. The smallest absolute Gasteiger partial charge is 0.258 e. The van der Waals surface area contributed by atoms with Crippen LogP contribution in [-0.4, -0.2) is 16.8 Å². The molecule has 0 fully saturated rings. The average molecular weight is 375 g/mol. The lowest BCUT2D eigenvalue weighted by Crippen LogP contribution is -2.14. The Hall–Kier alpha value is -3.44. The van der Waals surface area contributed by atoms with Crippen molar-refractivity contribution in [2.45, 2.75) is 0 Å². The van der Waals surface area contributed by atoms with Gasteiger partial charge in [0.2, 0.25) is 0 Å². The van der Waals surface area contributed by atoms with E-state index in [0.717, 1.165) is 0 Å². The summed E-state index contributed by atoms with van der Waals surface area (Å²) in [6, 6.07) is 17.4. The van der Waals surface area contributed by atoms with Crippen molar-refractivity contribution in [1.29, 1.82) is 0 Å². The van der Waals surface area contributed by atoms with Gasteiger partial charge in [-0.2, -0.15) is 0 Å². The summed E-state index contributed by atoms with van der Waals surface area (Å²) in [6.45, 7) is 0. The molecule has 27 heavy (non-hydrogen) atoms. The Kier molecular flexibility index (Phi) is 3.39. The quantitative estimate of drug-likeness (QED) is 0.474. The Labute approximate surface area is 158 Å². The van der Waals surface area contributed by atoms with Gasteiger partial charge < -0.3 is 9.84 Å². The summed E-state index contributed by atoms with van der Waals surface area (Å²) in [5, 5.41) is 7.86. The minimum Gasteiger partial charge on any atom is -0.355 e. The zero-order valence-electron chi connectivity index (χ0n) is 13.8. The summed E-state index contributed by atoms with van der Waals surface area (Å²) in [5.74, 6) is 0.0211. The standard InChI is InChI=1S/C21H11ClN2O3/c22-15-7-3-4-8-16(15)23-21(26)14-10-9-13-17-18(14)24-27-20(17)12-6-2-1-5-11(12)19(13)25/h1-10H,(H,23,26). The molecule has 1 amide bonds. The van der Waals surface area contributed by atoms with E-state index in [1.165, 1.54) is 0 Å². The Morgan fingerprint density at radius 2 is 1.67 bits per heavy atom. The molecule has 0 radical (unpaired) electrons. The van der Waals surface area contributed by atoms with E-state index in [0.29, 0.717) is 49.6 Å². The Morgan fingerprint density at radius 3 is 2.48 bits per heavy atom. The van der Waals surface area contributed by atoms with Crippen molar-refractivity contribution in [3.63, 3.8) is 0 Å². The average Bonchev–Trinajstić information content (AvgIpc) is 3.13. The highest BCUT2D eigenvalue weighted by Crippen LogP contribution is 2.40. The maximum absolute atomic E-state index is 12.8. The first kappa shape index (κ1) is 15.8. The number of rotatable bonds is 2. The second-order valence-corrected chi connectivity index (χ2v) is 6.61. The first-order valence-electron chi connectivity index (χ1n) is 8.27. The number of benzene rings is 3. The van der Waals surface area contributed by atoms with Crippen LogP contribution in [0, 0.1) is 0 Å². The molecule has 0 saturated carbocycles. The van der Waals surface area contributed by atoms with Gasteiger partial charge >= 0.3 is 0 Å². The number of hydrogen-bond donors (Lipinski definition) is 1. The molecule has 3 aromatic carbocycles. The fourth-order valence-corrected chi connectivity index (χ4v) is 3.57. The normalized spacial score (nSPS) is 12.1. The highest BCUT2D eigenvalue weighted by atomic mass is 35.5. The molecule has 130 valence electrons. The lowest BCUT2D eigenvalue weighted by atomic mass is 9.87. The van der Waals surface area contributed by atoms with Gasteiger partial charge in [-0.1, -0.05) is 53.2 Å². The van der Waals surface area contributed by atoms with E-state index < -0.39 is 0 Å². The van der Waals surface area contributed by atoms with Gasteiger partial charge in [-0.15, -0.1) is 0 Å². The highest BCUT2D eigenvalue weighted by Gasteiger charge is 2.30. The van der Waals surface area contributed by atoms with Crippen molar-refractivity contribution in [1.82, 2.24) is 5.16 Å². The van der Waals surface area contributed by atoms with Gasteiger partial charge in [0.25, 0.3) is 5.91 Å². The fraction of sp³-hybridized carbons (Fsp3) is 0. The highest BCUT2D eigenvalue weighted by molar-refractivity contribution is 6.34. The number of hydrogen-bond acceptors (Lipinski definition) is 4. The number of para-hydroxylation sites is 1. The number of carbonyl (C=O) groups excluding carboxylic acids is 2. The van der Waals surface area contributed by atoms with Gasteiger partial charge in [0.1, 0.15) is 5.52 Å². The lowest BCUT2D eigenvalue weighted by Gasteiger charge is -2.14. The summed E-state index contributed by atoms with van der Waals surface area (Å²) in [5.41, 5.74) is 2.90. The molecule has 4 aromatic rings. The molecule has 5 nitrogen and oxygen atoms in total. The molecule has 0 unspecified atom stereocenters. The SMILES string of the molecule is O=C(Nc1ccccc1Cl)c1ccc2c3c(onc13)-c1ccccc1C2=O. The van der Waals surface area contributed by atoms with E-state index >= 15 is 0 Å². The number of ketones is 1. The van der Waals surface area contributed by atoms with Crippen molar-refractivity contribution in [3.05, 3.63) is 82.4 Å². The number of aromatic nitrogens is 1. The van der Waals surface area contributed by atoms with Gasteiger partial charge in [0, 0.05) is 16.7 Å². The number of fused-ring (bicyclic) bond motifs is 2. The minimum atomic E-state index is -0.374. The number of nitrogens with zero attached hydrogens (tertiary/aromatic N) is 1. The van der Waals surface area contributed by atoms with Crippen LogP contribution in [0.5, 0.6) is 0 Å². The van der Waals surface area contributed by atoms with Crippen LogP contribution in [0.4, 0.5) is 5.69 Å². The summed E-state index contributed by atoms with van der Waals surface area (Å²) in [7, 11) is 0. The molecule has 0 aliphatic heterocycles. The van der Waals surface area contributed by atoms with Crippen molar-refractivity contribution in [2.24, 2.45) is 0 Å². The molecule has 0 bridgehead atoms. The van der Waals surface area contributed by atoms with Crippen LogP contribution in [0.2, 0.25) is 5.02 Å². The van der Waals surface area contributed by atoms with E-state index in [1.54, 1.807) is 48.5 Å². The maximum Gasteiger partial charge on any atom is 0.258 e. The minimum absolute atomic E-state index is 0.107. The van der Waals surface area contributed by atoms with Gasteiger partial charge in [-0.3, -0.25) is 9.59 Å². The number of nitrogens with one attached hydrogen (secondary N) is 1. The molecule has 1 N–H and O–H groups in total. The van der Waals surface area contributed by atoms with Crippen LogP contribution in [0.25, 0.3) is 22.2 Å². The van der Waals surface area contributed by atoms with Gasteiger partial charge in [0.05, 0.1) is 21.7 Å². The first-order valence-corrected chi connectivity index (χ1v) is 8.65. The zero-order valence-corrected chi connectivity index (χ0v) is 14.6. The molecule has 0 atom stereocenters. The van der Waals surface area contributed by atoms with E-state index in [2.05, 4.69) is 10.5 Å². The van der Waals surface area contributed by atoms with E-state index in [4.69, 9.17) is 16.1 Å². The van der Waals surface area contributed by atoms with Crippen LogP contribution in [0.1, 0.15) is 26.3 Å². The van der Waals surface area contributed by atoms with Crippen LogP contribution in [0.15, 0.2) is 65.2 Å². The second kappa shape index (κ2) is 5.79. The van der Waals surface area contributed by atoms with E-state index in [-0.39, 0.29) is 11.7 Å². The molecule has 1 aromatic heterocycles. The number of halogens is 1. The number of carbonyl (C=O) groups is 2. The van der Waals surface area contributed by atoms with Crippen LogP contribution < -0.4 is 5.32 Å². The molecule has 6 heteroatoms. The van der Waals surface area contributed by atoms with Gasteiger partial charge in [-0.25, -0.2) is 0 Å². The number of amides is 1. The van der Waals surface area contributed by atoms with Crippen molar-refractivity contribution in [2.75, 3.05) is 5.32 Å². The molecule has 1 aliphatic carbocycles. The Bertz CT molecular complexity index is 1260. The third-order valence-electron chi connectivity index (χ3n) is 4.66. The van der Waals surface area contributed by atoms with Crippen LogP contribution >= 0.6 is 11.6 Å². The lowest BCUT2D eigenvalue weighted by molar-refractivity contribution is 0.102. The van der Waals surface area contributed by atoms with Gasteiger partial charge in [-0.05, 0) is 24.3 Å². The summed E-state index contributed by atoms with van der Waals surface area (Å²) < 4.78 is 5.53. The third-order valence-corrected chi connectivity index (χ3v) is 4.99. The van der Waals surface area contributed by atoms with Crippen LogP contribution in [-0.2, 0) is 0 Å². The molecule has 1 heterocycles. The van der Waals surface area contributed by atoms with E-state index in [9.17, 15) is 9.59 Å². The Morgan fingerprint density at radius 1 is 0.926 bits per heavy atom. The summed E-state index contributed by atoms with van der Waals surface area (Å²) in [6.07, 6.45) is 0. The predicted octanol–water partition coefficient (Wildman–Crippen LogP) is 4.94. The molecular weight excluding hydrogens is 364 g/mol. The molecular formula is C21H11ClN2O3. The van der Waals surface area contributed by atoms with Crippen molar-refractivity contribution in [3.8, 4) is 11.3 Å². The Balaban J connectivity index is 1.66. The van der Waals surface area contributed by atoms with E-state index in [1.807, 2.05) is 12.1 Å². The molecule has 5 rings (SSSR count). The first-order chi connectivity index (χ1) is 13.1. The summed E-state index contributed by atoms with van der Waals surface area (Å²) >= 11 is 6.12. The molecule has 0 spiro atoms. The van der Waals surface area contributed by atoms with Gasteiger partial charge in [0.15, 0.2) is 11.5 Å². The number of anilines is 1. The van der Waals surface area contributed by atoms with Crippen molar-refractivity contribution >= 4 is 39.9 Å². The largest absolute Gasteiger partial charge is 0.355 e. The monoisotopic (exact) mass is 374 g/mol. The zero-order chi connectivity index (χ0) is 18.5. The topological polar surface area (TPSA) is 72.2 Å². The predicted molar refractivity (Wildman–Crippen MR) is 102 cm³/mol.